The van der Waals surface area contributed by atoms with Gasteiger partial charge in [-0.15, -0.1) is 0 Å². The zero-order chi connectivity index (χ0) is 23.3. The summed E-state index contributed by atoms with van der Waals surface area (Å²) in [7, 11) is -4.34. The van der Waals surface area contributed by atoms with Crippen molar-refractivity contribution >= 4 is 43.7 Å². The van der Waals surface area contributed by atoms with Gasteiger partial charge in [0, 0.05) is 35.3 Å². The highest BCUT2D eigenvalue weighted by Gasteiger charge is 2.23. The second-order valence-corrected chi connectivity index (χ2v) is 9.01. The number of amides is 1. The van der Waals surface area contributed by atoms with Gasteiger partial charge in [0.25, 0.3) is 11.6 Å². The van der Waals surface area contributed by atoms with Crippen molar-refractivity contribution in [1.82, 2.24) is 4.90 Å². The number of nitrogens with zero attached hydrogens (tertiary/aromatic N) is 3. The third-order valence-electron chi connectivity index (χ3n) is 4.46. The molecule has 2 aromatic carbocycles. The first kappa shape index (κ1) is 23.4. The first-order valence-corrected chi connectivity index (χ1v) is 11.4. The largest absolute Gasteiger partial charge is 0.378 e. The van der Waals surface area contributed by atoms with E-state index in [4.69, 9.17) is 8.92 Å². The summed E-state index contributed by atoms with van der Waals surface area (Å²) in [6, 6.07) is 10.5. The van der Waals surface area contributed by atoms with E-state index in [1.54, 1.807) is 0 Å². The van der Waals surface area contributed by atoms with E-state index in [1.165, 1.54) is 29.2 Å². The number of morpholine rings is 1. The number of halogens is 1. The van der Waals surface area contributed by atoms with E-state index in [0.717, 1.165) is 24.3 Å². The Morgan fingerprint density at radius 2 is 1.88 bits per heavy atom. The van der Waals surface area contributed by atoms with Gasteiger partial charge >= 0.3 is 10.1 Å². The third-order valence-corrected chi connectivity index (χ3v) is 6.20. The summed E-state index contributed by atoms with van der Waals surface area (Å²) < 4.78 is 36.4. The van der Waals surface area contributed by atoms with Crippen LogP contribution in [0.4, 0.5) is 5.69 Å². The van der Waals surface area contributed by atoms with E-state index >= 15 is 0 Å². The Bertz CT molecular complexity index is 1210. The van der Waals surface area contributed by atoms with Gasteiger partial charge in [0.15, 0.2) is 0 Å². The molecule has 0 aromatic heterocycles. The fourth-order valence-corrected chi connectivity index (χ4v) is 4.18. The van der Waals surface area contributed by atoms with E-state index < -0.39 is 20.9 Å². The molecule has 0 spiro atoms. The maximum atomic E-state index is 12.7. The van der Waals surface area contributed by atoms with E-state index in [-0.39, 0.29) is 27.5 Å². The third kappa shape index (κ3) is 5.50. The minimum Gasteiger partial charge on any atom is -0.378 e. The molecule has 1 saturated heterocycles. The Balaban J connectivity index is 1.93. The normalized spacial score (nSPS) is 14.5. The molecule has 0 N–H and O–H groups in total. The molecule has 32 heavy (non-hydrogen) atoms. The monoisotopic (exact) mass is 521 g/mol. The van der Waals surface area contributed by atoms with Gasteiger partial charge in [-0.2, -0.15) is 13.7 Å². The lowest BCUT2D eigenvalue weighted by Crippen LogP contribution is -2.41. The minimum atomic E-state index is -4.34. The van der Waals surface area contributed by atoms with Gasteiger partial charge in [0.1, 0.15) is 22.3 Å². The molecule has 0 atom stereocenters. The average molecular weight is 522 g/mol. The lowest BCUT2D eigenvalue weighted by atomic mass is 10.1. The quantitative estimate of drug-likeness (QED) is 0.186. The molecule has 12 heteroatoms. The summed E-state index contributed by atoms with van der Waals surface area (Å²) in [5, 5.41) is 20.3. The molecule has 1 heterocycles. The van der Waals surface area contributed by atoms with Crippen molar-refractivity contribution in [3.05, 3.63) is 68.2 Å². The zero-order valence-corrected chi connectivity index (χ0v) is 18.8. The highest BCUT2D eigenvalue weighted by atomic mass is 79.9. The Labute approximate surface area is 192 Å². The number of ether oxygens (including phenoxy) is 1. The van der Waals surface area contributed by atoms with Crippen LogP contribution in [0.25, 0.3) is 6.08 Å². The second-order valence-electron chi connectivity index (χ2n) is 6.55. The van der Waals surface area contributed by atoms with Crippen molar-refractivity contribution in [3.8, 4) is 11.8 Å². The van der Waals surface area contributed by atoms with E-state index in [1.807, 2.05) is 6.07 Å². The number of non-ortho nitro benzene ring substituents is 1. The molecule has 10 nitrogen and oxygen atoms in total. The molecule has 1 amide bonds. The van der Waals surface area contributed by atoms with Crippen molar-refractivity contribution in [2.24, 2.45) is 0 Å². The highest BCUT2D eigenvalue weighted by Crippen LogP contribution is 2.29. The molecule has 3 rings (SSSR count). The predicted octanol–water partition coefficient (Wildman–Crippen LogP) is 2.89. The first-order chi connectivity index (χ1) is 15.2. The predicted molar refractivity (Wildman–Crippen MR) is 116 cm³/mol. The number of rotatable bonds is 6. The molecule has 1 fully saturated rings. The van der Waals surface area contributed by atoms with Gasteiger partial charge in [-0.3, -0.25) is 14.9 Å². The number of carbonyl (C=O) groups excluding carboxylic acids is 1. The van der Waals surface area contributed by atoms with Gasteiger partial charge in [0.05, 0.1) is 18.1 Å². The summed E-state index contributed by atoms with van der Waals surface area (Å²) in [4.78, 5) is 24.0. The van der Waals surface area contributed by atoms with E-state index in [9.17, 15) is 28.6 Å². The maximum Gasteiger partial charge on any atom is 0.339 e. The van der Waals surface area contributed by atoms with Gasteiger partial charge < -0.3 is 13.8 Å². The Kier molecular flexibility index (Phi) is 7.24. The summed E-state index contributed by atoms with van der Waals surface area (Å²) in [5.41, 5.74) is -0.276. The number of nitro benzene ring substituents is 1. The topological polar surface area (TPSA) is 140 Å². The van der Waals surface area contributed by atoms with Crippen LogP contribution in [0.15, 0.2) is 57.4 Å². The average Bonchev–Trinajstić information content (AvgIpc) is 2.79. The molecule has 1 aliphatic heterocycles. The fourth-order valence-electron chi connectivity index (χ4n) is 2.84. The molecule has 0 bridgehead atoms. The lowest BCUT2D eigenvalue weighted by Gasteiger charge is -2.26. The molecule has 2 aromatic rings. The number of nitriles is 1. The number of hydrogen-bond acceptors (Lipinski definition) is 8. The van der Waals surface area contributed by atoms with Crippen LogP contribution in [0.1, 0.15) is 5.56 Å². The standard InChI is InChI=1S/C20H16BrN3O7S/c21-16-1-6-19(31-32(28,29)18-4-2-17(3-5-18)24(26)27)14(12-16)11-15(13-22)20(25)23-7-9-30-10-8-23/h1-6,11-12H,7-10H2/b15-11+. The van der Waals surface area contributed by atoms with E-state index in [2.05, 4.69) is 15.9 Å². The molecule has 0 saturated carbocycles. The SMILES string of the molecule is N#C/C(=C\c1cc(Br)ccc1OS(=O)(=O)c1ccc([N+](=O)[O-])cc1)C(=O)N1CCOCC1. The van der Waals surface area contributed by atoms with Crippen LogP contribution in [0.3, 0.4) is 0 Å². The fraction of sp³-hybridized carbons (Fsp3) is 0.200. The van der Waals surface area contributed by atoms with Crippen LogP contribution >= 0.6 is 15.9 Å². The minimum absolute atomic E-state index is 0.117. The van der Waals surface area contributed by atoms with E-state index in [0.29, 0.717) is 30.8 Å². The van der Waals surface area contributed by atoms with Crippen molar-refractivity contribution in [2.45, 2.75) is 4.90 Å². The smallest absolute Gasteiger partial charge is 0.339 e. The molecule has 0 unspecified atom stereocenters. The van der Waals surface area contributed by atoms with Crippen LogP contribution < -0.4 is 4.18 Å². The van der Waals surface area contributed by atoms with Crippen LogP contribution in [0.2, 0.25) is 0 Å². The molecule has 0 aliphatic carbocycles. The zero-order valence-electron chi connectivity index (χ0n) is 16.4. The molecular weight excluding hydrogens is 506 g/mol. The summed E-state index contributed by atoms with van der Waals surface area (Å²) in [6.45, 7) is 1.41. The summed E-state index contributed by atoms with van der Waals surface area (Å²) in [6.07, 6.45) is 1.25. The number of carbonyl (C=O) groups is 1. The van der Waals surface area contributed by atoms with Gasteiger partial charge in [0.2, 0.25) is 0 Å². The molecular formula is C20H16BrN3O7S. The van der Waals surface area contributed by atoms with Crippen LogP contribution in [-0.4, -0.2) is 50.5 Å². The van der Waals surface area contributed by atoms with Crippen molar-refractivity contribution in [1.29, 1.82) is 5.26 Å². The van der Waals surface area contributed by atoms with Crippen LogP contribution in [0, 0.1) is 21.4 Å². The Morgan fingerprint density at radius 1 is 1.22 bits per heavy atom. The van der Waals surface area contributed by atoms with Crippen molar-refractivity contribution < 1.29 is 27.1 Å². The van der Waals surface area contributed by atoms with Crippen LogP contribution in [-0.2, 0) is 19.6 Å². The van der Waals surface area contributed by atoms with Crippen molar-refractivity contribution in [2.75, 3.05) is 26.3 Å². The highest BCUT2D eigenvalue weighted by molar-refractivity contribution is 9.10. The summed E-state index contributed by atoms with van der Waals surface area (Å²) >= 11 is 3.27. The second kappa shape index (κ2) is 9.90. The maximum absolute atomic E-state index is 12.7. The van der Waals surface area contributed by atoms with Crippen molar-refractivity contribution in [3.63, 3.8) is 0 Å². The molecule has 166 valence electrons. The van der Waals surface area contributed by atoms with Gasteiger partial charge in [-0.25, -0.2) is 0 Å². The summed E-state index contributed by atoms with van der Waals surface area (Å²) in [5.74, 6) is -0.617. The van der Waals surface area contributed by atoms with Gasteiger partial charge in [-0.05, 0) is 36.4 Å². The lowest BCUT2D eigenvalue weighted by molar-refractivity contribution is -0.384. The van der Waals surface area contributed by atoms with Gasteiger partial charge in [-0.1, -0.05) is 15.9 Å². The number of nitro groups is 1. The Morgan fingerprint density at radius 3 is 2.47 bits per heavy atom. The first-order valence-electron chi connectivity index (χ1n) is 9.18. The number of hydrogen-bond donors (Lipinski definition) is 0. The molecule has 1 aliphatic rings. The number of benzene rings is 2. The van der Waals surface area contributed by atoms with Crippen LogP contribution in [0.5, 0.6) is 5.75 Å². The Hall–Kier alpha value is -3.27. The molecule has 0 radical (unpaired) electrons.